The summed E-state index contributed by atoms with van der Waals surface area (Å²) >= 11 is 0. The third-order valence-corrected chi connectivity index (χ3v) is 3.78. The van der Waals surface area contributed by atoms with Gasteiger partial charge in [0.25, 0.3) is 0 Å². The Morgan fingerprint density at radius 1 is 1.19 bits per heavy atom. The number of anilines is 1. The first-order valence-electron chi connectivity index (χ1n) is 8.04. The maximum atomic E-state index is 9.03. The number of aliphatic hydroxyl groups is 1. The van der Waals surface area contributed by atoms with Crippen LogP contribution in [-0.4, -0.2) is 21.5 Å². The lowest BCUT2D eigenvalue weighted by Crippen LogP contribution is -3.00. The van der Waals surface area contributed by atoms with E-state index in [1.807, 2.05) is 60.3 Å². The first-order valence-corrected chi connectivity index (χ1v) is 8.04. The molecule has 0 aliphatic rings. The van der Waals surface area contributed by atoms with E-state index in [9.17, 15) is 0 Å². The lowest BCUT2D eigenvalue weighted by molar-refractivity contribution is -0.698. The maximum absolute atomic E-state index is 9.03. The van der Waals surface area contributed by atoms with E-state index in [0.717, 1.165) is 11.3 Å². The Bertz CT molecular complexity index is 876. The number of pyridine rings is 1. The van der Waals surface area contributed by atoms with Gasteiger partial charge in [0.05, 0.1) is 18.4 Å². The van der Waals surface area contributed by atoms with Gasteiger partial charge in [-0.05, 0) is 25.1 Å². The summed E-state index contributed by atoms with van der Waals surface area (Å²) in [5, 5.41) is 21.7. The molecule has 0 saturated heterocycles. The van der Waals surface area contributed by atoms with Crippen molar-refractivity contribution in [2.45, 2.75) is 20.0 Å². The Hall–Kier alpha value is -2.58. The zero-order chi connectivity index (χ0) is 17.6. The summed E-state index contributed by atoms with van der Waals surface area (Å²) in [6.45, 7) is 3.20. The Labute approximate surface area is 162 Å². The first kappa shape index (κ1) is 19.7. The summed E-state index contributed by atoms with van der Waals surface area (Å²) in [6.07, 6.45) is 5.48. The summed E-state index contributed by atoms with van der Waals surface area (Å²) < 4.78 is 3.61. The van der Waals surface area contributed by atoms with Crippen molar-refractivity contribution in [3.8, 4) is 0 Å². The SMILES string of the molecule is Cc1ccc(N=Nc2cnn(Cc3ccc[n+](CCO)c3)c2N)cc1.[Br-]. The topological polar surface area (TPSA) is 92.7 Å². The van der Waals surface area contributed by atoms with Crippen molar-refractivity contribution in [3.05, 3.63) is 66.1 Å². The summed E-state index contributed by atoms with van der Waals surface area (Å²) in [5.41, 5.74) is 9.66. The van der Waals surface area contributed by atoms with Crippen LogP contribution in [0.5, 0.6) is 0 Å². The van der Waals surface area contributed by atoms with Gasteiger partial charge in [0.15, 0.2) is 18.9 Å². The fourth-order valence-corrected chi connectivity index (χ4v) is 2.41. The number of nitrogen functional groups attached to an aromatic ring is 1. The van der Waals surface area contributed by atoms with Crippen LogP contribution < -0.4 is 27.3 Å². The van der Waals surface area contributed by atoms with Crippen molar-refractivity contribution in [3.63, 3.8) is 0 Å². The number of aromatic nitrogens is 3. The molecule has 3 N–H and O–H groups in total. The quantitative estimate of drug-likeness (QED) is 0.419. The molecule has 1 aromatic carbocycles. The molecule has 2 heterocycles. The van der Waals surface area contributed by atoms with E-state index in [2.05, 4.69) is 15.3 Å². The Morgan fingerprint density at radius 3 is 2.69 bits per heavy atom. The van der Waals surface area contributed by atoms with Crippen molar-refractivity contribution < 1.29 is 26.7 Å². The largest absolute Gasteiger partial charge is 1.00 e. The molecule has 0 radical (unpaired) electrons. The number of halogens is 1. The van der Waals surface area contributed by atoms with Crippen LogP contribution in [-0.2, 0) is 13.1 Å². The van der Waals surface area contributed by atoms with Crippen LogP contribution in [0.1, 0.15) is 11.1 Å². The highest BCUT2D eigenvalue weighted by atomic mass is 79.9. The number of benzene rings is 1. The third kappa shape index (κ3) is 4.96. The monoisotopic (exact) mass is 416 g/mol. The molecule has 3 aromatic rings. The summed E-state index contributed by atoms with van der Waals surface area (Å²) in [4.78, 5) is 0. The number of hydrogen-bond acceptors (Lipinski definition) is 5. The molecule has 3 rings (SSSR count). The molecule has 0 saturated carbocycles. The number of azo groups is 1. The molecular formula is C18H21BrN6O. The van der Waals surface area contributed by atoms with Gasteiger partial charge in [-0.25, -0.2) is 9.25 Å². The minimum atomic E-state index is 0. The number of nitrogens with two attached hydrogens (primary N) is 1. The van der Waals surface area contributed by atoms with Gasteiger partial charge in [-0.2, -0.15) is 10.2 Å². The van der Waals surface area contributed by atoms with Crippen LogP contribution in [0.15, 0.2) is 65.2 Å². The molecule has 7 nitrogen and oxygen atoms in total. The van der Waals surface area contributed by atoms with Crippen molar-refractivity contribution in [2.24, 2.45) is 10.2 Å². The molecular weight excluding hydrogens is 396 g/mol. The van der Waals surface area contributed by atoms with Crippen molar-refractivity contribution in [1.82, 2.24) is 9.78 Å². The van der Waals surface area contributed by atoms with E-state index in [-0.39, 0.29) is 23.6 Å². The molecule has 0 fully saturated rings. The van der Waals surface area contributed by atoms with Crippen LogP contribution in [0, 0.1) is 6.92 Å². The van der Waals surface area contributed by atoms with E-state index >= 15 is 0 Å². The van der Waals surface area contributed by atoms with Crippen LogP contribution in [0.3, 0.4) is 0 Å². The Balaban J connectivity index is 0.00000243. The maximum Gasteiger partial charge on any atom is 0.173 e. The molecule has 0 bridgehead atoms. The van der Waals surface area contributed by atoms with Crippen molar-refractivity contribution >= 4 is 17.2 Å². The van der Waals surface area contributed by atoms with Gasteiger partial charge in [-0.15, -0.1) is 5.11 Å². The van der Waals surface area contributed by atoms with Crippen LogP contribution in [0.2, 0.25) is 0 Å². The standard InChI is InChI=1S/C18H21N6O.BrH/c1-14-4-6-16(7-5-14)21-22-17-11-20-24(18(17)19)13-15-3-2-8-23(12-15)9-10-25;/h2-8,11-12,25H,9-10,13,19H2,1H3;1H/q+1;/p-1. The minimum absolute atomic E-state index is 0. The normalized spacial score (nSPS) is 10.8. The van der Waals surface area contributed by atoms with E-state index in [1.54, 1.807) is 10.9 Å². The minimum Gasteiger partial charge on any atom is -1.00 e. The van der Waals surface area contributed by atoms with Crippen molar-refractivity contribution in [1.29, 1.82) is 0 Å². The first-order chi connectivity index (χ1) is 12.2. The third-order valence-electron chi connectivity index (χ3n) is 3.78. The predicted molar refractivity (Wildman–Crippen MR) is 94.8 cm³/mol. The lowest BCUT2D eigenvalue weighted by atomic mass is 10.2. The zero-order valence-corrected chi connectivity index (χ0v) is 16.0. The second-order valence-corrected chi connectivity index (χ2v) is 5.78. The van der Waals surface area contributed by atoms with E-state index in [0.29, 0.717) is 24.6 Å². The lowest BCUT2D eigenvalue weighted by Gasteiger charge is -2.03. The second-order valence-electron chi connectivity index (χ2n) is 5.78. The molecule has 2 aromatic heterocycles. The van der Waals surface area contributed by atoms with E-state index in [4.69, 9.17) is 10.8 Å². The molecule has 0 amide bonds. The molecule has 0 aliphatic carbocycles. The fourth-order valence-electron chi connectivity index (χ4n) is 2.41. The van der Waals surface area contributed by atoms with Gasteiger partial charge in [-0.1, -0.05) is 17.7 Å². The molecule has 8 heteroatoms. The van der Waals surface area contributed by atoms with Gasteiger partial charge >= 0.3 is 0 Å². The van der Waals surface area contributed by atoms with Gasteiger partial charge < -0.3 is 27.8 Å². The van der Waals surface area contributed by atoms with Crippen LogP contribution in [0.4, 0.5) is 17.2 Å². The highest BCUT2D eigenvalue weighted by Gasteiger charge is 2.09. The van der Waals surface area contributed by atoms with E-state index < -0.39 is 0 Å². The predicted octanol–water partition coefficient (Wildman–Crippen LogP) is -0.479. The highest BCUT2D eigenvalue weighted by Crippen LogP contribution is 2.24. The number of rotatable bonds is 6. The van der Waals surface area contributed by atoms with Crippen LogP contribution >= 0.6 is 0 Å². The molecule has 0 unspecified atom stereocenters. The number of aliphatic hydroxyl groups excluding tert-OH is 1. The summed E-state index contributed by atoms with van der Waals surface area (Å²) in [6, 6.07) is 11.7. The van der Waals surface area contributed by atoms with E-state index in [1.165, 1.54) is 5.56 Å². The fraction of sp³-hybridized carbons (Fsp3) is 0.222. The van der Waals surface area contributed by atoms with Crippen LogP contribution in [0.25, 0.3) is 0 Å². The van der Waals surface area contributed by atoms with Gasteiger partial charge in [0, 0.05) is 11.6 Å². The van der Waals surface area contributed by atoms with Gasteiger partial charge in [0.2, 0.25) is 0 Å². The average molecular weight is 417 g/mol. The average Bonchev–Trinajstić information content (AvgIpc) is 2.95. The molecule has 136 valence electrons. The number of hydrogen-bond donors (Lipinski definition) is 2. The Morgan fingerprint density at radius 2 is 1.96 bits per heavy atom. The molecule has 0 aliphatic heterocycles. The smallest absolute Gasteiger partial charge is 0.173 e. The molecule has 26 heavy (non-hydrogen) atoms. The highest BCUT2D eigenvalue weighted by molar-refractivity contribution is 5.56. The second kappa shape index (κ2) is 9.21. The summed E-state index contributed by atoms with van der Waals surface area (Å²) in [7, 11) is 0. The van der Waals surface area contributed by atoms with Gasteiger partial charge in [-0.3, -0.25) is 0 Å². The molecule has 0 atom stereocenters. The van der Waals surface area contributed by atoms with Gasteiger partial charge in [0.1, 0.15) is 18.1 Å². The zero-order valence-electron chi connectivity index (χ0n) is 14.5. The Kier molecular flexibility index (Phi) is 6.99. The summed E-state index contributed by atoms with van der Waals surface area (Å²) in [5.74, 6) is 0.466. The number of aryl methyl sites for hydroxylation is 1. The molecule has 0 spiro atoms. The van der Waals surface area contributed by atoms with Crippen molar-refractivity contribution in [2.75, 3.05) is 12.3 Å². The number of nitrogens with zero attached hydrogens (tertiary/aromatic N) is 5.